The lowest BCUT2D eigenvalue weighted by Gasteiger charge is -2.19. The molecule has 0 aliphatic carbocycles. The lowest BCUT2D eigenvalue weighted by atomic mass is 9.84. The molecule has 0 aliphatic heterocycles. The maximum absolute atomic E-state index is 14.1. The summed E-state index contributed by atoms with van der Waals surface area (Å²) in [5.41, 5.74) is 12.2. The standard InChI is InChI=1S/C57H36N2O/c60-57-48-26-13-10-22-43(48)49-34-39(29-32-54(49)59(57)42-20-8-3-9-21-42)38-28-31-47-51(35-38)56(46-25-12-11-24-45(46)55(47)37-16-4-1-5-17-37)40-30-33-53-50(36-40)44-23-14-15-27-52(44)58(53)41-18-6-2-7-19-41/h1-36H. The fraction of sp³-hybridized carbons (Fsp3) is 0. The highest BCUT2D eigenvalue weighted by Crippen LogP contribution is 2.46. The van der Waals surface area contributed by atoms with Gasteiger partial charge >= 0.3 is 0 Å². The maximum Gasteiger partial charge on any atom is 0.263 e. The number of fused-ring (bicyclic) bond motifs is 8. The molecule has 0 unspecified atom stereocenters. The lowest BCUT2D eigenvalue weighted by Crippen LogP contribution is -2.19. The van der Waals surface area contributed by atoms with Crippen molar-refractivity contribution in [2.75, 3.05) is 0 Å². The van der Waals surface area contributed by atoms with E-state index in [2.05, 4.69) is 174 Å². The van der Waals surface area contributed by atoms with Crippen molar-refractivity contribution in [2.24, 2.45) is 0 Å². The van der Waals surface area contributed by atoms with Crippen LogP contribution in [-0.4, -0.2) is 9.13 Å². The number of rotatable bonds is 5. The molecule has 0 saturated carbocycles. The molecule has 60 heavy (non-hydrogen) atoms. The highest BCUT2D eigenvalue weighted by molar-refractivity contribution is 6.23. The van der Waals surface area contributed by atoms with Gasteiger partial charge in [0.15, 0.2) is 0 Å². The molecule has 0 N–H and O–H groups in total. The zero-order valence-electron chi connectivity index (χ0n) is 32.6. The minimum atomic E-state index is -0.0171. The van der Waals surface area contributed by atoms with Crippen LogP contribution in [0.1, 0.15) is 0 Å². The highest BCUT2D eigenvalue weighted by atomic mass is 16.1. The molecule has 0 radical (unpaired) electrons. The Labute approximate surface area is 346 Å². The van der Waals surface area contributed by atoms with Crippen LogP contribution in [0, 0.1) is 0 Å². The molecule has 0 bridgehead atoms. The zero-order valence-corrected chi connectivity index (χ0v) is 32.6. The molecule has 10 aromatic carbocycles. The van der Waals surface area contributed by atoms with Gasteiger partial charge in [0.2, 0.25) is 0 Å². The highest BCUT2D eigenvalue weighted by Gasteiger charge is 2.20. The molecule has 0 fully saturated rings. The van der Waals surface area contributed by atoms with Crippen molar-refractivity contribution < 1.29 is 0 Å². The average molecular weight is 765 g/mol. The summed E-state index contributed by atoms with van der Waals surface area (Å²) in [6.07, 6.45) is 0. The molecule has 280 valence electrons. The van der Waals surface area contributed by atoms with Crippen LogP contribution < -0.4 is 5.56 Å². The molecule has 0 atom stereocenters. The normalized spacial score (nSPS) is 11.7. The summed E-state index contributed by atoms with van der Waals surface area (Å²) < 4.78 is 4.23. The summed E-state index contributed by atoms with van der Waals surface area (Å²) in [4.78, 5) is 14.1. The number of aromatic nitrogens is 2. The third kappa shape index (κ3) is 5.19. The van der Waals surface area contributed by atoms with Crippen LogP contribution in [0.4, 0.5) is 0 Å². The van der Waals surface area contributed by atoms with E-state index >= 15 is 0 Å². The van der Waals surface area contributed by atoms with E-state index in [4.69, 9.17) is 0 Å². The first-order valence-corrected chi connectivity index (χ1v) is 20.5. The second-order valence-corrected chi connectivity index (χ2v) is 15.6. The molecule has 3 heteroatoms. The van der Waals surface area contributed by atoms with Crippen molar-refractivity contribution in [3.63, 3.8) is 0 Å². The molecule has 2 heterocycles. The Morgan fingerprint density at radius 3 is 1.35 bits per heavy atom. The predicted octanol–water partition coefficient (Wildman–Crippen LogP) is 14.5. The number of nitrogens with zero attached hydrogens (tertiary/aromatic N) is 2. The van der Waals surface area contributed by atoms with Gasteiger partial charge < -0.3 is 4.57 Å². The molecule has 0 aliphatic rings. The second kappa shape index (κ2) is 13.5. The monoisotopic (exact) mass is 764 g/mol. The Hall–Kier alpha value is -8.01. The number of hydrogen-bond acceptors (Lipinski definition) is 1. The second-order valence-electron chi connectivity index (χ2n) is 15.6. The Morgan fingerprint density at radius 1 is 0.250 bits per heavy atom. The summed E-state index contributed by atoms with van der Waals surface area (Å²) in [7, 11) is 0. The number of hydrogen-bond donors (Lipinski definition) is 0. The minimum Gasteiger partial charge on any atom is -0.309 e. The Morgan fingerprint density at radius 2 is 0.667 bits per heavy atom. The largest absolute Gasteiger partial charge is 0.309 e. The van der Waals surface area contributed by atoms with Gasteiger partial charge in [-0.25, -0.2) is 0 Å². The Bertz CT molecular complexity index is 3710. The Kier molecular flexibility index (Phi) is 7.69. The van der Waals surface area contributed by atoms with Crippen LogP contribution in [0.15, 0.2) is 223 Å². The smallest absolute Gasteiger partial charge is 0.263 e. The van der Waals surface area contributed by atoms with Gasteiger partial charge in [-0.3, -0.25) is 9.36 Å². The van der Waals surface area contributed by atoms with Crippen molar-refractivity contribution >= 4 is 65.0 Å². The van der Waals surface area contributed by atoms with Crippen LogP contribution in [0.25, 0.3) is 110 Å². The van der Waals surface area contributed by atoms with Gasteiger partial charge in [0.25, 0.3) is 5.56 Å². The molecule has 3 nitrogen and oxygen atoms in total. The summed E-state index contributed by atoms with van der Waals surface area (Å²) in [5, 5.41) is 9.97. The summed E-state index contributed by atoms with van der Waals surface area (Å²) >= 11 is 0. The molecule has 12 rings (SSSR count). The minimum absolute atomic E-state index is 0.0171. The molecular weight excluding hydrogens is 729 g/mol. The Balaban J connectivity index is 1.15. The van der Waals surface area contributed by atoms with Crippen LogP contribution >= 0.6 is 0 Å². The van der Waals surface area contributed by atoms with Gasteiger partial charge in [0.1, 0.15) is 0 Å². The van der Waals surface area contributed by atoms with Crippen LogP contribution in [-0.2, 0) is 0 Å². The third-order valence-electron chi connectivity index (χ3n) is 12.3. The lowest BCUT2D eigenvalue weighted by molar-refractivity contribution is 1.06. The van der Waals surface area contributed by atoms with Gasteiger partial charge in [-0.1, -0.05) is 152 Å². The first-order chi connectivity index (χ1) is 29.7. The predicted molar refractivity (Wildman–Crippen MR) is 253 cm³/mol. The molecule has 0 saturated heterocycles. The van der Waals surface area contributed by atoms with Crippen molar-refractivity contribution in [3.05, 3.63) is 229 Å². The SMILES string of the molecule is O=c1c2ccccc2c2cc(-c3ccc4c(-c5ccccc5)c5ccccc5c(-c5ccc6c(c5)c5ccccc5n6-c5ccccc5)c4c3)ccc2n1-c1ccccc1. The molecular formula is C57H36N2O. The number of para-hydroxylation sites is 3. The van der Waals surface area contributed by atoms with E-state index in [9.17, 15) is 4.79 Å². The van der Waals surface area contributed by atoms with E-state index in [1.807, 2.05) is 53.1 Å². The van der Waals surface area contributed by atoms with Crippen molar-refractivity contribution in [3.8, 4) is 44.8 Å². The summed E-state index contributed by atoms with van der Waals surface area (Å²) in [6, 6.07) is 77.5. The van der Waals surface area contributed by atoms with Gasteiger partial charge in [-0.2, -0.15) is 0 Å². The van der Waals surface area contributed by atoms with Gasteiger partial charge in [-0.05, 0) is 127 Å². The van der Waals surface area contributed by atoms with Crippen molar-refractivity contribution in [1.29, 1.82) is 0 Å². The van der Waals surface area contributed by atoms with Gasteiger partial charge in [0.05, 0.1) is 16.6 Å². The van der Waals surface area contributed by atoms with Crippen LogP contribution in [0.3, 0.4) is 0 Å². The first kappa shape index (κ1) is 34.1. The zero-order chi connectivity index (χ0) is 39.7. The number of benzene rings is 10. The third-order valence-corrected chi connectivity index (χ3v) is 12.3. The van der Waals surface area contributed by atoms with Gasteiger partial charge in [-0.15, -0.1) is 0 Å². The van der Waals surface area contributed by atoms with Crippen LogP contribution in [0.2, 0.25) is 0 Å². The van der Waals surface area contributed by atoms with Gasteiger partial charge in [0, 0.05) is 32.9 Å². The fourth-order valence-electron chi connectivity index (χ4n) is 9.66. The maximum atomic E-state index is 14.1. The quantitative estimate of drug-likeness (QED) is 0.127. The fourth-order valence-corrected chi connectivity index (χ4v) is 9.66. The summed E-state index contributed by atoms with van der Waals surface area (Å²) in [6.45, 7) is 0. The van der Waals surface area contributed by atoms with E-state index in [0.717, 1.165) is 38.8 Å². The molecule has 0 spiro atoms. The van der Waals surface area contributed by atoms with Crippen molar-refractivity contribution in [2.45, 2.75) is 0 Å². The average Bonchev–Trinajstić information content (AvgIpc) is 3.65. The topological polar surface area (TPSA) is 26.9 Å². The first-order valence-electron chi connectivity index (χ1n) is 20.5. The van der Waals surface area contributed by atoms with E-state index in [0.29, 0.717) is 5.39 Å². The van der Waals surface area contributed by atoms with E-state index < -0.39 is 0 Å². The molecule has 12 aromatic rings. The molecule has 2 aromatic heterocycles. The van der Waals surface area contributed by atoms with Crippen LogP contribution in [0.5, 0.6) is 0 Å². The van der Waals surface area contributed by atoms with E-state index in [-0.39, 0.29) is 5.56 Å². The number of pyridine rings is 1. The van der Waals surface area contributed by atoms with E-state index in [1.165, 1.54) is 65.6 Å². The van der Waals surface area contributed by atoms with E-state index in [1.54, 1.807) is 0 Å². The van der Waals surface area contributed by atoms with Crippen molar-refractivity contribution in [1.82, 2.24) is 9.13 Å². The molecule has 0 amide bonds. The summed E-state index contributed by atoms with van der Waals surface area (Å²) in [5.74, 6) is 0.